The molecule has 6 heteroatoms. The third kappa shape index (κ3) is 2.90. The fourth-order valence-electron chi connectivity index (χ4n) is 2.29. The molecular weight excluding hydrogens is 276 g/mol. The van der Waals surface area contributed by atoms with Gasteiger partial charge in [0.05, 0.1) is 13.5 Å². The van der Waals surface area contributed by atoms with Gasteiger partial charge in [-0.3, -0.25) is 9.59 Å². The smallest absolute Gasteiger partial charge is 0.306 e. The number of hydrogen-bond donors (Lipinski definition) is 0. The average Bonchev–Trinajstić information content (AvgIpc) is 3.33. The Bertz CT molecular complexity index is 576. The van der Waals surface area contributed by atoms with Gasteiger partial charge in [-0.05, 0) is 31.1 Å². The second-order valence-corrected chi connectivity index (χ2v) is 6.68. The van der Waals surface area contributed by atoms with Crippen LogP contribution in [0.2, 0.25) is 0 Å². The minimum atomic E-state index is -0.167. The summed E-state index contributed by atoms with van der Waals surface area (Å²) in [6.45, 7) is 0. The number of carbonyl (C=O) groups is 1. The van der Waals surface area contributed by atoms with Gasteiger partial charge in [-0.15, -0.1) is 11.8 Å². The number of aromatic nitrogens is 2. The van der Waals surface area contributed by atoms with Crippen molar-refractivity contribution in [3.63, 3.8) is 0 Å². The summed E-state index contributed by atoms with van der Waals surface area (Å²) < 4.78 is 6.52. The molecule has 2 aliphatic rings. The van der Waals surface area contributed by atoms with Crippen molar-refractivity contribution >= 4 is 17.7 Å². The van der Waals surface area contributed by atoms with Crippen LogP contribution in [0.25, 0.3) is 0 Å². The lowest BCUT2D eigenvalue weighted by Gasteiger charge is -2.12. The molecule has 0 aliphatic heterocycles. The highest BCUT2D eigenvalue weighted by atomic mass is 32.2. The van der Waals surface area contributed by atoms with Crippen LogP contribution in [-0.4, -0.2) is 28.4 Å². The van der Waals surface area contributed by atoms with E-state index in [1.165, 1.54) is 18.9 Å². The molecule has 20 heavy (non-hydrogen) atoms. The van der Waals surface area contributed by atoms with Crippen molar-refractivity contribution in [3.8, 4) is 0 Å². The Morgan fingerprint density at radius 2 is 2.30 bits per heavy atom. The molecule has 0 bridgehead atoms. The molecule has 0 N–H and O–H groups in total. The van der Waals surface area contributed by atoms with Gasteiger partial charge in [0.25, 0.3) is 5.56 Å². The SMILES string of the molecule is COC(=O)CC1(CSc2nccn(C3CC3)c2=O)CC1. The van der Waals surface area contributed by atoms with Crippen LogP contribution in [0.4, 0.5) is 0 Å². The maximum atomic E-state index is 12.3. The second kappa shape index (κ2) is 5.24. The highest BCUT2D eigenvalue weighted by molar-refractivity contribution is 7.99. The molecule has 0 aromatic carbocycles. The summed E-state index contributed by atoms with van der Waals surface area (Å²) in [4.78, 5) is 27.8. The minimum Gasteiger partial charge on any atom is -0.469 e. The first kappa shape index (κ1) is 13.7. The molecule has 1 aromatic heterocycles. The van der Waals surface area contributed by atoms with E-state index in [1.54, 1.807) is 17.0 Å². The van der Waals surface area contributed by atoms with E-state index in [1.807, 2.05) is 0 Å². The molecule has 0 radical (unpaired) electrons. The van der Waals surface area contributed by atoms with E-state index in [0.29, 0.717) is 17.5 Å². The number of ether oxygens (including phenoxy) is 1. The molecule has 2 saturated carbocycles. The van der Waals surface area contributed by atoms with E-state index < -0.39 is 0 Å². The second-order valence-electron chi connectivity index (χ2n) is 5.72. The zero-order chi connectivity index (χ0) is 14.2. The number of methoxy groups -OCH3 is 1. The summed E-state index contributed by atoms with van der Waals surface area (Å²) in [5, 5.41) is 0.551. The molecule has 0 atom stereocenters. The van der Waals surface area contributed by atoms with Gasteiger partial charge in [0.1, 0.15) is 0 Å². The average molecular weight is 294 g/mol. The molecule has 108 valence electrons. The Labute approximate surface area is 121 Å². The van der Waals surface area contributed by atoms with Crippen molar-refractivity contribution in [3.05, 3.63) is 22.7 Å². The Morgan fingerprint density at radius 1 is 1.55 bits per heavy atom. The molecule has 0 unspecified atom stereocenters. The predicted octanol–water partition coefficient (Wildman–Crippen LogP) is 2.01. The number of esters is 1. The van der Waals surface area contributed by atoms with Gasteiger partial charge in [0.15, 0.2) is 5.03 Å². The molecule has 1 heterocycles. The van der Waals surface area contributed by atoms with Gasteiger partial charge in [-0.1, -0.05) is 0 Å². The third-order valence-corrected chi connectivity index (χ3v) is 5.31. The summed E-state index contributed by atoms with van der Waals surface area (Å²) in [5.41, 5.74) is 0.0282. The molecule has 5 nitrogen and oxygen atoms in total. The summed E-state index contributed by atoms with van der Waals surface area (Å²) in [6.07, 6.45) is 8.13. The molecule has 1 aromatic rings. The fraction of sp³-hybridized carbons (Fsp3) is 0.643. The van der Waals surface area contributed by atoms with E-state index in [4.69, 9.17) is 4.74 Å². The zero-order valence-corrected chi connectivity index (χ0v) is 12.3. The Morgan fingerprint density at radius 3 is 2.90 bits per heavy atom. The van der Waals surface area contributed by atoms with Gasteiger partial charge in [-0.25, -0.2) is 4.98 Å². The van der Waals surface area contributed by atoms with Crippen LogP contribution in [0, 0.1) is 5.41 Å². The lowest BCUT2D eigenvalue weighted by atomic mass is 10.1. The highest BCUT2D eigenvalue weighted by Gasteiger charge is 2.44. The van der Waals surface area contributed by atoms with E-state index in [0.717, 1.165) is 31.4 Å². The number of carbonyl (C=O) groups excluding carboxylic acids is 1. The quantitative estimate of drug-likeness (QED) is 0.593. The van der Waals surface area contributed by atoms with Crippen LogP contribution in [0.5, 0.6) is 0 Å². The first-order valence-electron chi connectivity index (χ1n) is 6.90. The first-order chi connectivity index (χ1) is 9.63. The van der Waals surface area contributed by atoms with Gasteiger partial charge in [0.2, 0.25) is 0 Å². The van der Waals surface area contributed by atoms with Crippen molar-refractivity contribution < 1.29 is 9.53 Å². The zero-order valence-electron chi connectivity index (χ0n) is 11.5. The maximum absolute atomic E-state index is 12.3. The van der Waals surface area contributed by atoms with Crippen LogP contribution in [0.1, 0.15) is 38.1 Å². The lowest BCUT2D eigenvalue weighted by Crippen LogP contribution is -2.22. The highest BCUT2D eigenvalue weighted by Crippen LogP contribution is 2.51. The minimum absolute atomic E-state index is 0.00821. The first-order valence-corrected chi connectivity index (χ1v) is 7.89. The van der Waals surface area contributed by atoms with E-state index in [2.05, 4.69) is 4.98 Å². The summed E-state index contributed by atoms with van der Waals surface area (Å²) in [7, 11) is 1.42. The fourth-order valence-corrected chi connectivity index (χ4v) is 3.49. The van der Waals surface area contributed by atoms with Crippen LogP contribution >= 0.6 is 11.8 Å². The molecule has 2 aliphatic carbocycles. The maximum Gasteiger partial charge on any atom is 0.306 e. The van der Waals surface area contributed by atoms with Gasteiger partial charge in [-0.2, -0.15) is 0 Å². The van der Waals surface area contributed by atoms with Crippen LogP contribution < -0.4 is 5.56 Å². The van der Waals surface area contributed by atoms with Crippen molar-refractivity contribution in [1.29, 1.82) is 0 Å². The number of hydrogen-bond acceptors (Lipinski definition) is 5. The third-order valence-electron chi connectivity index (χ3n) is 4.00. The summed E-state index contributed by atoms with van der Waals surface area (Å²) in [5.74, 6) is 0.596. The molecule has 0 amide bonds. The molecule has 0 saturated heterocycles. The Balaban J connectivity index is 1.65. The summed E-state index contributed by atoms with van der Waals surface area (Å²) in [6, 6.07) is 0.370. The van der Waals surface area contributed by atoms with Crippen LogP contribution in [-0.2, 0) is 9.53 Å². The van der Waals surface area contributed by atoms with Gasteiger partial charge >= 0.3 is 5.97 Å². The monoisotopic (exact) mass is 294 g/mol. The van der Waals surface area contributed by atoms with Crippen molar-refractivity contribution in [1.82, 2.24) is 9.55 Å². The van der Waals surface area contributed by atoms with Crippen molar-refractivity contribution in [2.75, 3.05) is 12.9 Å². The number of rotatable bonds is 6. The number of nitrogens with zero attached hydrogens (tertiary/aromatic N) is 2. The van der Waals surface area contributed by atoms with Gasteiger partial charge < -0.3 is 9.30 Å². The topological polar surface area (TPSA) is 61.2 Å². The lowest BCUT2D eigenvalue weighted by molar-refractivity contribution is -0.141. The van der Waals surface area contributed by atoms with E-state index in [-0.39, 0.29) is 16.9 Å². The predicted molar refractivity (Wildman–Crippen MR) is 75.8 cm³/mol. The van der Waals surface area contributed by atoms with Crippen molar-refractivity contribution in [2.45, 2.75) is 43.2 Å². The molecule has 0 spiro atoms. The van der Waals surface area contributed by atoms with Crippen LogP contribution in [0.3, 0.4) is 0 Å². The largest absolute Gasteiger partial charge is 0.469 e. The van der Waals surface area contributed by atoms with Gasteiger partial charge in [0, 0.05) is 24.2 Å². The molecule has 2 fully saturated rings. The van der Waals surface area contributed by atoms with E-state index >= 15 is 0 Å². The van der Waals surface area contributed by atoms with Crippen LogP contribution in [0.15, 0.2) is 22.2 Å². The Hall–Kier alpha value is -1.30. The van der Waals surface area contributed by atoms with Crippen molar-refractivity contribution in [2.24, 2.45) is 5.41 Å². The Kier molecular flexibility index (Phi) is 3.58. The molecule has 3 rings (SSSR count). The van der Waals surface area contributed by atoms with E-state index in [9.17, 15) is 9.59 Å². The normalized spacial score (nSPS) is 19.6. The molecular formula is C14H18N2O3S. The standard InChI is InChI=1S/C14H18N2O3S/c1-19-11(17)8-14(4-5-14)9-20-12-13(18)16(7-6-15-12)10-2-3-10/h6-7,10H,2-5,8-9H2,1H3. The summed E-state index contributed by atoms with van der Waals surface area (Å²) >= 11 is 1.48. The number of thioether (sulfide) groups is 1.